The molecule has 4 rings (SSSR count). The normalized spacial score (nSPS) is 30.0. The average molecular weight is 404 g/mol. The Balaban J connectivity index is 0.00000196. The van der Waals surface area contributed by atoms with Crippen LogP contribution in [-0.4, -0.2) is 70.1 Å². The van der Waals surface area contributed by atoms with Crippen LogP contribution in [0.3, 0.4) is 0 Å². The number of nitrogens with zero attached hydrogens (tertiary/aromatic N) is 2. The maximum Gasteiger partial charge on any atom is 0.282 e. The molecule has 0 radical (unpaired) electrons. The second-order valence-corrected chi connectivity index (χ2v) is 8.77. The zero-order chi connectivity index (χ0) is 17.4. The van der Waals surface area contributed by atoms with Gasteiger partial charge in [0.05, 0.1) is 26.4 Å². The molecular weight excluding hydrogens is 378 g/mol. The van der Waals surface area contributed by atoms with Gasteiger partial charge in [-0.3, -0.25) is 0 Å². The van der Waals surface area contributed by atoms with Gasteiger partial charge in [0.15, 0.2) is 0 Å². The number of benzene rings is 1. The molecular formula is C17H26ClN3O4S. The van der Waals surface area contributed by atoms with Gasteiger partial charge in [-0.2, -0.15) is 17.0 Å². The van der Waals surface area contributed by atoms with Crippen molar-refractivity contribution >= 4 is 22.6 Å². The number of morpholine rings is 1. The van der Waals surface area contributed by atoms with Crippen molar-refractivity contribution < 1.29 is 17.9 Å². The second-order valence-electron chi connectivity index (χ2n) is 6.89. The van der Waals surface area contributed by atoms with Gasteiger partial charge in [0, 0.05) is 26.2 Å². The Labute approximate surface area is 161 Å². The van der Waals surface area contributed by atoms with Gasteiger partial charge in [0.2, 0.25) is 0 Å². The van der Waals surface area contributed by atoms with E-state index in [4.69, 9.17) is 9.47 Å². The summed E-state index contributed by atoms with van der Waals surface area (Å²) in [6, 6.07) is 7.67. The SMILES string of the molecule is COc1ccc([C@@H]2[C@H]3CNC[C@H]3CN2S(=O)(=O)N2CCOCC2)cc1.Cl. The number of nitrogens with one attached hydrogen (secondary N) is 1. The van der Waals surface area contributed by atoms with Crippen LogP contribution in [0.5, 0.6) is 5.75 Å². The lowest BCUT2D eigenvalue weighted by Gasteiger charge is -2.34. The Morgan fingerprint density at radius 3 is 2.50 bits per heavy atom. The van der Waals surface area contributed by atoms with E-state index in [1.54, 1.807) is 15.7 Å². The van der Waals surface area contributed by atoms with Crippen molar-refractivity contribution in [3.63, 3.8) is 0 Å². The number of rotatable bonds is 4. The fourth-order valence-electron chi connectivity index (χ4n) is 4.26. The van der Waals surface area contributed by atoms with Crippen molar-refractivity contribution in [2.24, 2.45) is 11.8 Å². The van der Waals surface area contributed by atoms with Gasteiger partial charge >= 0.3 is 0 Å². The van der Waals surface area contributed by atoms with E-state index in [1.165, 1.54) is 0 Å². The Bertz CT molecular complexity index is 709. The van der Waals surface area contributed by atoms with Crippen LogP contribution in [0, 0.1) is 11.8 Å². The molecule has 7 nitrogen and oxygen atoms in total. The highest BCUT2D eigenvalue weighted by atomic mass is 35.5. The summed E-state index contributed by atoms with van der Waals surface area (Å²) in [5, 5.41) is 3.42. The van der Waals surface area contributed by atoms with Gasteiger partial charge in [0.25, 0.3) is 10.2 Å². The van der Waals surface area contributed by atoms with E-state index in [1.807, 2.05) is 24.3 Å². The predicted molar refractivity (Wildman–Crippen MR) is 101 cm³/mol. The van der Waals surface area contributed by atoms with E-state index in [9.17, 15) is 8.42 Å². The van der Waals surface area contributed by atoms with E-state index in [-0.39, 0.29) is 18.4 Å². The lowest BCUT2D eigenvalue weighted by molar-refractivity contribution is 0.0696. The Morgan fingerprint density at radius 1 is 1.15 bits per heavy atom. The van der Waals surface area contributed by atoms with Gasteiger partial charge in [0.1, 0.15) is 5.75 Å². The van der Waals surface area contributed by atoms with Gasteiger partial charge in [-0.15, -0.1) is 12.4 Å². The molecule has 0 aromatic heterocycles. The molecule has 9 heteroatoms. The van der Waals surface area contributed by atoms with Crippen LogP contribution in [0.1, 0.15) is 11.6 Å². The highest BCUT2D eigenvalue weighted by Gasteiger charge is 2.50. The van der Waals surface area contributed by atoms with Crippen molar-refractivity contribution in [3.05, 3.63) is 29.8 Å². The maximum absolute atomic E-state index is 13.3. The topological polar surface area (TPSA) is 71.1 Å². The lowest BCUT2D eigenvalue weighted by Crippen LogP contribution is -2.49. The molecule has 1 aromatic carbocycles. The fourth-order valence-corrected chi connectivity index (χ4v) is 6.11. The van der Waals surface area contributed by atoms with Gasteiger partial charge in [-0.05, 0) is 36.1 Å². The first kappa shape index (κ1) is 19.9. The summed E-state index contributed by atoms with van der Waals surface area (Å²) >= 11 is 0. The van der Waals surface area contributed by atoms with Crippen LogP contribution in [0.2, 0.25) is 0 Å². The van der Waals surface area contributed by atoms with E-state index in [0.717, 1.165) is 24.4 Å². The van der Waals surface area contributed by atoms with E-state index < -0.39 is 10.2 Å². The molecule has 3 fully saturated rings. The third kappa shape index (κ3) is 3.46. The minimum atomic E-state index is -3.49. The fraction of sp³-hybridized carbons (Fsp3) is 0.647. The maximum atomic E-state index is 13.3. The smallest absolute Gasteiger partial charge is 0.282 e. The summed E-state index contributed by atoms with van der Waals surface area (Å²) in [6.07, 6.45) is 0. The quantitative estimate of drug-likeness (QED) is 0.808. The number of methoxy groups -OCH3 is 1. The molecule has 1 aromatic rings. The first-order valence-electron chi connectivity index (χ1n) is 8.80. The molecule has 0 saturated carbocycles. The van der Waals surface area contributed by atoms with Crippen LogP contribution >= 0.6 is 12.4 Å². The van der Waals surface area contributed by atoms with Crippen LogP contribution in [0.4, 0.5) is 0 Å². The molecule has 3 saturated heterocycles. The van der Waals surface area contributed by atoms with Crippen LogP contribution < -0.4 is 10.1 Å². The Hall–Kier alpha value is -0.900. The molecule has 3 aliphatic heterocycles. The summed E-state index contributed by atoms with van der Waals surface area (Å²) < 4.78 is 40.4. The van der Waals surface area contributed by atoms with Crippen molar-refractivity contribution in [1.29, 1.82) is 0 Å². The van der Waals surface area contributed by atoms with Gasteiger partial charge < -0.3 is 14.8 Å². The molecule has 3 heterocycles. The summed E-state index contributed by atoms with van der Waals surface area (Å²) in [4.78, 5) is 0. The predicted octanol–water partition coefficient (Wildman–Crippen LogP) is 0.886. The van der Waals surface area contributed by atoms with Crippen molar-refractivity contribution in [1.82, 2.24) is 13.9 Å². The van der Waals surface area contributed by atoms with E-state index >= 15 is 0 Å². The van der Waals surface area contributed by atoms with E-state index in [0.29, 0.717) is 44.7 Å². The molecule has 0 aliphatic carbocycles. The molecule has 3 atom stereocenters. The first-order valence-corrected chi connectivity index (χ1v) is 10.2. The van der Waals surface area contributed by atoms with Crippen LogP contribution in [-0.2, 0) is 14.9 Å². The third-order valence-electron chi connectivity index (χ3n) is 5.57. The van der Waals surface area contributed by atoms with E-state index in [2.05, 4.69) is 5.32 Å². The molecule has 0 unspecified atom stereocenters. The average Bonchev–Trinajstić information content (AvgIpc) is 3.24. The summed E-state index contributed by atoms with van der Waals surface area (Å²) in [7, 11) is -1.85. The monoisotopic (exact) mass is 403 g/mol. The molecule has 0 bridgehead atoms. The second kappa shape index (κ2) is 8.00. The first-order chi connectivity index (χ1) is 12.1. The molecule has 0 amide bonds. The minimum Gasteiger partial charge on any atom is -0.497 e. The van der Waals surface area contributed by atoms with Crippen molar-refractivity contribution in [2.45, 2.75) is 6.04 Å². The molecule has 146 valence electrons. The standard InChI is InChI=1S/C17H25N3O4S.ClH/c1-23-15-4-2-13(3-5-15)17-16-11-18-10-14(16)12-20(17)25(21,22)19-6-8-24-9-7-19;/h2-5,14,16-18H,6-12H2,1H3;1H/t14-,16-,17+;/m0./s1. The number of hydrogen-bond donors (Lipinski definition) is 1. The molecule has 0 spiro atoms. The van der Waals surface area contributed by atoms with Gasteiger partial charge in [-0.1, -0.05) is 12.1 Å². The van der Waals surface area contributed by atoms with Crippen LogP contribution in [0.25, 0.3) is 0 Å². The number of ether oxygens (including phenoxy) is 2. The zero-order valence-electron chi connectivity index (χ0n) is 14.8. The molecule has 3 aliphatic rings. The largest absolute Gasteiger partial charge is 0.497 e. The summed E-state index contributed by atoms with van der Waals surface area (Å²) in [6.45, 7) is 4.11. The summed E-state index contributed by atoms with van der Waals surface area (Å²) in [5.74, 6) is 1.46. The number of fused-ring (bicyclic) bond motifs is 1. The van der Waals surface area contributed by atoms with Crippen molar-refractivity contribution in [2.75, 3.05) is 53.0 Å². The summed E-state index contributed by atoms with van der Waals surface area (Å²) in [5.41, 5.74) is 1.04. The third-order valence-corrected chi connectivity index (χ3v) is 7.56. The van der Waals surface area contributed by atoms with Crippen molar-refractivity contribution in [3.8, 4) is 5.75 Å². The lowest BCUT2D eigenvalue weighted by atomic mass is 9.90. The Morgan fingerprint density at radius 2 is 1.85 bits per heavy atom. The van der Waals surface area contributed by atoms with Gasteiger partial charge in [-0.25, -0.2) is 0 Å². The number of halogens is 1. The molecule has 1 N–H and O–H groups in total. The Kier molecular flexibility index (Phi) is 6.11. The highest BCUT2D eigenvalue weighted by molar-refractivity contribution is 7.86. The van der Waals surface area contributed by atoms with Crippen LogP contribution in [0.15, 0.2) is 24.3 Å². The zero-order valence-corrected chi connectivity index (χ0v) is 16.5. The molecule has 26 heavy (non-hydrogen) atoms. The highest BCUT2D eigenvalue weighted by Crippen LogP contribution is 2.45. The number of hydrogen-bond acceptors (Lipinski definition) is 5. The minimum absolute atomic E-state index is 0.